The number of benzene rings is 2. The lowest BCUT2D eigenvalue weighted by atomic mass is 9.71. The molecule has 0 radical (unpaired) electrons. The van der Waals surface area contributed by atoms with Crippen LogP contribution in [0.15, 0.2) is 36.4 Å². The number of amides is 1. The Morgan fingerprint density at radius 1 is 1.13 bits per heavy atom. The zero-order valence-corrected chi connectivity index (χ0v) is 17.0. The van der Waals surface area contributed by atoms with E-state index in [0.29, 0.717) is 35.3 Å². The third-order valence-electron chi connectivity index (χ3n) is 6.37. The minimum atomic E-state index is -0.482. The summed E-state index contributed by atoms with van der Waals surface area (Å²) in [5.74, 6) is -0.0416. The van der Waals surface area contributed by atoms with Crippen molar-refractivity contribution in [3.8, 4) is 6.07 Å². The van der Waals surface area contributed by atoms with Crippen LogP contribution in [-0.4, -0.2) is 47.8 Å². The molecule has 2 aliphatic rings. The Kier molecular flexibility index (Phi) is 4.05. The van der Waals surface area contributed by atoms with Gasteiger partial charge in [0.25, 0.3) is 5.91 Å². The molecule has 0 atom stereocenters. The van der Waals surface area contributed by atoms with E-state index < -0.39 is 5.41 Å². The van der Waals surface area contributed by atoms with E-state index in [2.05, 4.69) is 30.2 Å². The first-order valence-corrected chi connectivity index (χ1v) is 10.2. The smallest absolute Gasteiger partial charge is 0.253 e. The maximum atomic E-state index is 13.4. The van der Waals surface area contributed by atoms with Gasteiger partial charge in [-0.15, -0.1) is 0 Å². The summed E-state index contributed by atoms with van der Waals surface area (Å²) in [5, 5.41) is 13.3. The molecule has 1 aliphatic heterocycles. The van der Waals surface area contributed by atoms with Crippen LogP contribution in [0.2, 0.25) is 0 Å². The fourth-order valence-corrected chi connectivity index (χ4v) is 4.68. The van der Waals surface area contributed by atoms with Gasteiger partial charge in [0.2, 0.25) is 0 Å². The topological polar surface area (TPSA) is 89.0 Å². The van der Waals surface area contributed by atoms with Crippen LogP contribution in [-0.2, 0) is 5.41 Å². The lowest BCUT2D eigenvalue weighted by Crippen LogP contribution is -2.46. The second kappa shape index (κ2) is 6.54. The highest BCUT2D eigenvalue weighted by atomic mass is 16.2. The number of nitrogens with one attached hydrogen (secondary N) is 2. The molecular formula is C24H22N4O2. The summed E-state index contributed by atoms with van der Waals surface area (Å²) in [6.45, 7) is 7.10. The molecule has 2 N–H and O–H groups in total. The predicted octanol–water partition coefficient (Wildman–Crippen LogP) is 2.96. The molecular weight excluding hydrogens is 376 g/mol. The quantitative estimate of drug-likeness (QED) is 0.660. The molecule has 1 amide bonds. The average Bonchev–Trinajstić information content (AvgIpc) is 3.17. The zero-order chi connectivity index (χ0) is 21.0. The van der Waals surface area contributed by atoms with Crippen LogP contribution in [0.3, 0.4) is 0 Å². The maximum absolute atomic E-state index is 13.4. The molecule has 6 heteroatoms. The first kappa shape index (κ1) is 18.6. The molecule has 2 aromatic carbocycles. The van der Waals surface area contributed by atoms with Crippen molar-refractivity contribution in [2.75, 3.05) is 26.2 Å². The van der Waals surface area contributed by atoms with E-state index in [0.717, 1.165) is 35.2 Å². The molecule has 30 heavy (non-hydrogen) atoms. The van der Waals surface area contributed by atoms with Crippen LogP contribution in [0.1, 0.15) is 56.9 Å². The number of carbonyl (C=O) groups is 2. The second-order valence-corrected chi connectivity index (χ2v) is 8.50. The number of hydrogen-bond acceptors (Lipinski definition) is 4. The van der Waals surface area contributed by atoms with Crippen molar-refractivity contribution in [2.24, 2.45) is 0 Å². The van der Waals surface area contributed by atoms with Crippen LogP contribution in [0.25, 0.3) is 10.9 Å². The average molecular weight is 398 g/mol. The van der Waals surface area contributed by atoms with Crippen molar-refractivity contribution in [3.63, 3.8) is 0 Å². The van der Waals surface area contributed by atoms with Crippen molar-refractivity contribution in [2.45, 2.75) is 19.3 Å². The number of rotatable bonds is 1. The lowest BCUT2D eigenvalue weighted by molar-refractivity contribution is 0.0735. The van der Waals surface area contributed by atoms with E-state index in [9.17, 15) is 14.9 Å². The highest BCUT2D eigenvalue weighted by Gasteiger charge is 2.40. The van der Waals surface area contributed by atoms with Gasteiger partial charge in [-0.05, 0) is 35.9 Å². The van der Waals surface area contributed by atoms with E-state index in [4.69, 9.17) is 0 Å². The molecule has 3 aromatic rings. The van der Waals surface area contributed by atoms with Gasteiger partial charge in [0.15, 0.2) is 5.78 Å². The van der Waals surface area contributed by atoms with Crippen molar-refractivity contribution in [1.82, 2.24) is 15.2 Å². The molecule has 2 heterocycles. The summed E-state index contributed by atoms with van der Waals surface area (Å²) in [4.78, 5) is 31.7. The molecule has 5 rings (SSSR count). The molecule has 6 nitrogen and oxygen atoms in total. The summed E-state index contributed by atoms with van der Waals surface area (Å²) in [5.41, 5.74) is 4.44. The number of nitrogens with zero attached hydrogens (tertiary/aromatic N) is 2. The minimum Gasteiger partial charge on any atom is -0.357 e. The first-order valence-electron chi connectivity index (χ1n) is 10.2. The Morgan fingerprint density at radius 3 is 2.63 bits per heavy atom. The van der Waals surface area contributed by atoms with Crippen LogP contribution >= 0.6 is 0 Å². The number of fused-ring (bicyclic) bond motifs is 4. The molecule has 0 bridgehead atoms. The van der Waals surface area contributed by atoms with Crippen molar-refractivity contribution in [3.05, 3.63) is 69.9 Å². The highest BCUT2D eigenvalue weighted by molar-refractivity contribution is 6.20. The fourth-order valence-electron chi connectivity index (χ4n) is 4.68. The SMILES string of the molecule is CC1(C)c2cc(C(=O)N3CCNCC3)ccc2C(=O)c2c1[nH]c1cc(C#N)ccc21. The summed E-state index contributed by atoms with van der Waals surface area (Å²) < 4.78 is 0. The van der Waals surface area contributed by atoms with Crippen molar-refractivity contribution in [1.29, 1.82) is 5.26 Å². The molecule has 1 aromatic heterocycles. The van der Waals surface area contributed by atoms with Gasteiger partial charge in [-0.3, -0.25) is 9.59 Å². The van der Waals surface area contributed by atoms with Gasteiger partial charge in [-0.1, -0.05) is 19.9 Å². The highest BCUT2D eigenvalue weighted by Crippen LogP contribution is 2.44. The number of hydrogen-bond donors (Lipinski definition) is 2. The number of nitriles is 1. The molecule has 0 unspecified atom stereocenters. The van der Waals surface area contributed by atoms with Crippen LogP contribution in [0.4, 0.5) is 0 Å². The Bertz CT molecular complexity index is 1260. The molecule has 1 fully saturated rings. The molecule has 1 saturated heterocycles. The monoisotopic (exact) mass is 398 g/mol. The summed E-state index contributed by atoms with van der Waals surface area (Å²) in [7, 11) is 0. The number of aromatic nitrogens is 1. The third kappa shape index (κ3) is 2.59. The molecule has 1 aliphatic carbocycles. The number of carbonyl (C=O) groups excluding carboxylic acids is 2. The Balaban J connectivity index is 1.64. The Labute approximate surface area is 174 Å². The molecule has 150 valence electrons. The number of aromatic amines is 1. The summed E-state index contributed by atoms with van der Waals surface area (Å²) in [6.07, 6.45) is 0. The third-order valence-corrected chi connectivity index (χ3v) is 6.37. The minimum absolute atomic E-state index is 0.00338. The van der Waals surface area contributed by atoms with E-state index in [1.165, 1.54) is 0 Å². The standard InChI is InChI=1S/C24H22N4O2/c1-24(2)18-12-15(23(30)28-9-7-26-8-10-28)4-6-16(18)21(29)20-17-5-3-14(13-25)11-19(17)27-22(20)24/h3-6,11-12,26-27H,7-10H2,1-2H3. The number of H-pyrrole nitrogens is 1. The van der Waals surface area contributed by atoms with E-state index in [1.807, 2.05) is 17.0 Å². The van der Waals surface area contributed by atoms with Gasteiger partial charge in [0.1, 0.15) is 0 Å². The summed E-state index contributed by atoms with van der Waals surface area (Å²) >= 11 is 0. The van der Waals surface area contributed by atoms with Gasteiger partial charge in [0.05, 0.1) is 17.2 Å². The normalized spacial score (nSPS) is 17.4. The van der Waals surface area contributed by atoms with Gasteiger partial charge in [0, 0.05) is 59.3 Å². The van der Waals surface area contributed by atoms with Crippen LogP contribution in [0, 0.1) is 11.3 Å². The maximum Gasteiger partial charge on any atom is 0.253 e. The molecule has 0 spiro atoms. The predicted molar refractivity (Wildman–Crippen MR) is 114 cm³/mol. The van der Waals surface area contributed by atoms with Gasteiger partial charge in [-0.2, -0.15) is 5.26 Å². The van der Waals surface area contributed by atoms with Gasteiger partial charge >= 0.3 is 0 Å². The van der Waals surface area contributed by atoms with E-state index in [-0.39, 0.29) is 11.7 Å². The van der Waals surface area contributed by atoms with Gasteiger partial charge in [-0.25, -0.2) is 0 Å². The Hall–Kier alpha value is -3.43. The molecule has 0 saturated carbocycles. The summed E-state index contributed by atoms with van der Waals surface area (Å²) in [6, 6.07) is 12.9. The van der Waals surface area contributed by atoms with Crippen molar-refractivity contribution < 1.29 is 9.59 Å². The van der Waals surface area contributed by atoms with Gasteiger partial charge < -0.3 is 15.2 Å². The first-order chi connectivity index (χ1) is 14.4. The fraction of sp³-hybridized carbons (Fsp3) is 0.292. The zero-order valence-electron chi connectivity index (χ0n) is 17.0. The van der Waals surface area contributed by atoms with Crippen LogP contribution < -0.4 is 5.32 Å². The number of piperazine rings is 1. The van der Waals surface area contributed by atoms with E-state index >= 15 is 0 Å². The van der Waals surface area contributed by atoms with E-state index in [1.54, 1.807) is 24.3 Å². The van der Waals surface area contributed by atoms with Crippen molar-refractivity contribution >= 4 is 22.6 Å². The second-order valence-electron chi connectivity index (χ2n) is 8.50. The Morgan fingerprint density at radius 2 is 1.90 bits per heavy atom. The lowest BCUT2D eigenvalue weighted by Gasteiger charge is -2.33. The number of ketones is 1. The van der Waals surface area contributed by atoms with Crippen LogP contribution in [0.5, 0.6) is 0 Å². The largest absolute Gasteiger partial charge is 0.357 e.